The molecule has 0 bridgehead atoms. The molecule has 0 aliphatic carbocycles. The molecule has 0 unspecified atom stereocenters. The van der Waals surface area contributed by atoms with Crippen LogP contribution in [0, 0.1) is 0 Å². The van der Waals surface area contributed by atoms with Gasteiger partial charge in [-0.3, -0.25) is 0 Å². The first-order valence-corrected chi connectivity index (χ1v) is 5.35. The lowest BCUT2D eigenvalue weighted by Gasteiger charge is -2.05. The third kappa shape index (κ3) is 2.57. The van der Waals surface area contributed by atoms with Gasteiger partial charge in [0, 0.05) is 12.1 Å². The van der Waals surface area contributed by atoms with Gasteiger partial charge >= 0.3 is 5.97 Å². The average Bonchev–Trinajstić information content (AvgIpc) is 2.64. The van der Waals surface area contributed by atoms with Gasteiger partial charge in [0.1, 0.15) is 6.20 Å². The summed E-state index contributed by atoms with van der Waals surface area (Å²) in [6, 6.07) is 4.53. The van der Waals surface area contributed by atoms with Crippen LogP contribution in [0.2, 0.25) is 10.0 Å². The zero-order chi connectivity index (χ0) is 12.4. The monoisotopic (exact) mass is 271 g/mol. The lowest BCUT2D eigenvalue weighted by Crippen LogP contribution is -2.11. The summed E-state index contributed by atoms with van der Waals surface area (Å²) >= 11 is 11.6. The molecule has 0 saturated heterocycles. The second kappa shape index (κ2) is 4.73. The van der Waals surface area contributed by atoms with Gasteiger partial charge in [0.15, 0.2) is 0 Å². The molecule has 0 radical (unpaired) electrons. The number of carbonyl (C=O) groups is 1. The van der Waals surface area contributed by atoms with E-state index in [2.05, 4.69) is 10.3 Å². The number of ether oxygens (including phenoxy) is 1. The van der Waals surface area contributed by atoms with Crippen LogP contribution in [0.4, 0.5) is 0 Å². The SMILES string of the molecule is Cn1nncc1OC(=O)c1ccc(Cl)cc1Cl. The summed E-state index contributed by atoms with van der Waals surface area (Å²) in [6.45, 7) is 0. The molecule has 0 saturated carbocycles. The highest BCUT2D eigenvalue weighted by molar-refractivity contribution is 6.36. The molecule has 0 atom stereocenters. The zero-order valence-corrected chi connectivity index (χ0v) is 10.2. The maximum Gasteiger partial charge on any atom is 0.346 e. The van der Waals surface area contributed by atoms with Crippen LogP contribution in [0.5, 0.6) is 5.88 Å². The Balaban J connectivity index is 2.23. The van der Waals surface area contributed by atoms with Crippen LogP contribution in [-0.4, -0.2) is 21.0 Å². The molecule has 1 heterocycles. The van der Waals surface area contributed by atoms with Crippen LogP contribution in [0.3, 0.4) is 0 Å². The van der Waals surface area contributed by atoms with E-state index in [9.17, 15) is 4.79 Å². The molecule has 1 aromatic heterocycles. The summed E-state index contributed by atoms with van der Waals surface area (Å²) in [7, 11) is 1.61. The van der Waals surface area contributed by atoms with E-state index in [1.165, 1.54) is 23.0 Å². The fourth-order valence-corrected chi connectivity index (χ4v) is 1.66. The largest absolute Gasteiger partial charge is 0.402 e. The van der Waals surface area contributed by atoms with Gasteiger partial charge in [0.25, 0.3) is 0 Å². The van der Waals surface area contributed by atoms with Crippen molar-refractivity contribution < 1.29 is 9.53 Å². The highest BCUT2D eigenvalue weighted by Crippen LogP contribution is 2.22. The Morgan fingerprint density at radius 2 is 2.18 bits per heavy atom. The highest BCUT2D eigenvalue weighted by Gasteiger charge is 2.15. The van der Waals surface area contributed by atoms with Crippen LogP contribution in [0.1, 0.15) is 10.4 Å². The number of hydrogen-bond donors (Lipinski definition) is 0. The summed E-state index contributed by atoms with van der Waals surface area (Å²) in [5, 5.41) is 7.91. The maximum atomic E-state index is 11.8. The maximum absolute atomic E-state index is 11.8. The molecular weight excluding hydrogens is 265 g/mol. The quantitative estimate of drug-likeness (QED) is 0.787. The topological polar surface area (TPSA) is 57.0 Å². The van der Waals surface area contributed by atoms with Gasteiger partial charge in [-0.1, -0.05) is 28.4 Å². The molecule has 88 valence electrons. The number of benzene rings is 1. The van der Waals surface area contributed by atoms with Crippen molar-refractivity contribution in [3.05, 3.63) is 40.0 Å². The van der Waals surface area contributed by atoms with Crippen molar-refractivity contribution >= 4 is 29.2 Å². The van der Waals surface area contributed by atoms with Gasteiger partial charge in [0.05, 0.1) is 10.6 Å². The van der Waals surface area contributed by atoms with E-state index in [-0.39, 0.29) is 16.5 Å². The lowest BCUT2D eigenvalue weighted by molar-refractivity contribution is 0.0720. The molecule has 0 fully saturated rings. The van der Waals surface area contributed by atoms with Crippen molar-refractivity contribution in [1.29, 1.82) is 0 Å². The highest BCUT2D eigenvalue weighted by atomic mass is 35.5. The Morgan fingerprint density at radius 1 is 1.41 bits per heavy atom. The molecule has 5 nitrogen and oxygen atoms in total. The summed E-state index contributed by atoms with van der Waals surface area (Å²) in [5.74, 6) is -0.349. The normalized spacial score (nSPS) is 10.3. The first-order valence-electron chi connectivity index (χ1n) is 4.60. The van der Waals surface area contributed by atoms with E-state index in [0.717, 1.165) is 0 Å². The van der Waals surface area contributed by atoms with Crippen molar-refractivity contribution in [1.82, 2.24) is 15.0 Å². The number of halogens is 2. The fraction of sp³-hybridized carbons (Fsp3) is 0.100. The fourth-order valence-electron chi connectivity index (χ4n) is 1.18. The number of nitrogens with zero attached hydrogens (tertiary/aromatic N) is 3. The van der Waals surface area contributed by atoms with Crippen molar-refractivity contribution in [2.24, 2.45) is 7.05 Å². The lowest BCUT2D eigenvalue weighted by atomic mass is 10.2. The molecule has 0 spiro atoms. The number of esters is 1. The van der Waals surface area contributed by atoms with Crippen molar-refractivity contribution in [3.63, 3.8) is 0 Å². The van der Waals surface area contributed by atoms with Gasteiger partial charge in [-0.15, -0.1) is 5.10 Å². The van der Waals surface area contributed by atoms with Crippen LogP contribution in [0.25, 0.3) is 0 Å². The minimum absolute atomic E-state index is 0.234. The zero-order valence-electron chi connectivity index (χ0n) is 8.72. The predicted octanol–water partition coefficient (Wildman–Crippen LogP) is 2.34. The number of rotatable bonds is 2. The summed E-state index contributed by atoms with van der Waals surface area (Å²) in [5.41, 5.74) is 0.234. The average molecular weight is 272 g/mol. The Kier molecular flexibility index (Phi) is 3.31. The molecule has 17 heavy (non-hydrogen) atoms. The third-order valence-corrected chi connectivity index (χ3v) is 2.57. The van der Waals surface area contributed by atoms with E-state index in [4.69, 9.17) is 27.9 Å². The van der Waals surface area contributed by atoms with Crippen LogP contribution in [-0.2, 0) is 7.05 Å². The summed E-state index contributed by atoms with van der Waals surface area (Å²) in [6.07, 6.45) is 1.34. The molecule has 7 heteroatoms. The minimum Gasteiger partial charge on any atom is -0.402 e. The Labute approximate surface area is 107 Å². The van der Waals surface area contributed by atoms with Gasteiger partial charge in [0.2, 0.25) is 5.88 Å². The first kappa shape index (κ1) is 11.9. The number of carbonyl (C=O) groups excluding carboxylic acids is 1. The Bertz CT molecular complexity index is 568. The van der Waals surface area contributed by atoms with Crippen LogP contribution < -0.4 is 4.74 Å². The molecule has 0 N–H and O–H groups in total. The van der Waals surface area contributed by atoms with Crippen LogP contribution >= 0.6 is 23.2 Å². The van der Waals surface area contributed by atoms with Crippen molar-refractivity contribution in [2.75, 3.05) is 0 Å². The van der Waals surface area contributed by atoms with Gasteiger partial charge in [-0.05, 0) is 18.2 Å². The predicted molar refractivity (Wildman–Crippen MR) is 62.4 cm³/mol. The number of aromatic nitrogens is 3. The van der Waals surface area contributed by atoms with E-state index in [1.807, 2.05) is 0 Å². The van der Waals surface area contributed by atoms with Crippen LogP contribution in [0.15, 0.2) is 24.4 Å². The van der Waals surface area contributed by atoms with E-state index in [1.54, 1.807) is 13.1 Å². The summed E-state index contributed by atoms with van der Waals surface area (Å²) < 4.78 is 6.40. The summed E-state index contributed by atoms with van der Waals surface area (Å²) in [4.78, 5) is 11.8. The third-order valence-electron chi connectivity index (χ3n) is 2.02. The van der Waals surface area contributed by atoms with E-state index >= 15 is 0 Å². The smallest absolute Gasteiger partial charge is 0.346 e. The molecule has 2 rings (SSSR count). The standard InChI is InChI=1S/C10H7Cl2N3O2/c1-15-9(5-13-14-15)17-10(16)7-3-2-6(11)4-8(7)12/h2-5H,1H3. The van der Waals surface area contributed by atoms with Crippen molar-refractivity contribution in [2.45, 2.75) is 0 Å². The number of hydrogen-bond acceptors (Lipinski definition) is 4. The van der Waals surface area contributed by atoms with Crippen molar-refractivity contribution in [3.8, 4) is 5.88 Å². The van der Waals surface area contributed by atoms with E-state index in [0.29, 0.717) is 5.02 Å². The van der Waals surface area contributed by atoms with E-state index < -0.39 is 5.97 Å². The number of aryl methyl sites for hydroxylation is 1. The first-order chi connectivity index (χ1) is 8.08. The molecule has 0 aliphatic heterocycles. The second-order valence-corrected chi connectivity index (χ2v) is 4.05. The molecule has 0 amide bonds. The van der Waals surface area contributed by atoms with Gasteiger partial charge in [-0.25, -0.2) is 9.48 Å². The minimum atomic E-state index is -0.586. The molecular formula is C10H7Cl2N3O2. The molecule has 1 aromatic carbocycles. The second-order valence-electron chi connectivity index (χ2n) is 3.21. The molecule has 2 aromatic rings. The van der Waals surface area contributed by atoms with Gasteiger partial charge < -0.3 is 4.74 Å². The Hall–Kier alpha value is -1.59. The Morgan fingerprint density at radius 3 is 2.76 bits per heavy atom. The van der Waals surface area contributed by atoms with Gasteiger partial charge in [-0.2, -0.15) is 0 Å². The molecule has 0 aliphatic rings.